The van der Waals surface area contributed by atoms with E-state index in [0.29, 0.717) is 0 Å². The molecule has 1 aliphatic heterocycles. The predicted molar refractivity (Wildman–Crippen MR) is 98.2 cm³/mol. The van der Waals surface area contributed by atoms with Gasteiger partial charge in [0, 0.05) is 30.8 Å². The van der Waals surface area contributed by atoms with Crippen LogP contribution in [0, 0.1) is 0 Å². The highest BCUT2D eigenvalue weighted by molar-refractivity contribution is 5.74. The second-order valence-electron chi connectivity index (χ2n) is 6.73. The van der Waals surface area contributed by atoms with Crippen molar-refractivity contribution in [2.45, 2.75) is 26.2 Å². The lowest BCUT2D eigenvalue weighted by atomic mass is 9.87. The lowest BCUT2D eigenvalue weighted by molar-refractivity contribution is 0.871. The fourth-order valence-electron chi connectivity index (χ4n) is 4.16. The van der Waals surface area contributed by atoms with Gasteiger partial charge >= 0.3 is 0 Å². The highest BCUT2D eigenvalue weighted by Gasteiger charge is 2.26. The third-order valence-corrected chi connectivity index (χ3v) is 5.35. The normalized spacial score (nSPS) is 14.5. The van der Waals surface area contributed by atoms with E-state index in [-0.39, 0.29) is 0 Å². The number of aromatic nitrogens is 1. The summed E-state index contributed by atoms with van der Waals surface area (Å²) in [6, 6.07) is 19.9. The summed E-state index contributed by atoms with van der Waals surface area (Å²) in [6.45, 7) is 3.20. The largest absolute Gasteiger partial charge is 0.340 e. The fraction of sp³-hybridized carbons (Fsp3) is 0.227. The summed E-state index contributed by atoms with van der Waals surface area (Å²) < 4.78 is 0. The average molecular weight is 312 g/mol. The summed E-state index contributed by atoms with van der Waals surface area (Å²) in [4.78, 5) is 7.53. The average Bonchev–Trinajstić information content (AvgIpc) is 2.62. The Morgan fingerprint density at radius 1 is 0.750 bits per heavy atom. The molecular weight excluding hydrogens is 292 g/mol. The van der Waals surface area contributed by atoms with Gasteiger partial charge in [0.15, 0.2) is 0 Å². The zero-order valence-electron chi connectivity index (χ0n) is 13.9. The van der Waals surface area contributed by atoms with E-state index in [0.717, 1.165) is 25.8 Å². The maximum atomic E-state index is 5.11. The monoisotopic (exact) mass is 312 g/mol. The Morgan fingerprint density at radius 3 is 2.21 bits per heavy atom. The number of hydrogen-bond acceptors (Lipinski definition) is 2. The molecule has 0 spiro atoms. The number of rotatable bonds is 1. The molecule has 0 saturated heterocycles. The first kappa shape index (κ1) is 13.8. The third-order valence-electron chi connectivity index (χ3n) is 5.35. The first-order chi connectivity index (χ1) is 11.8. The number of para-hydroxylation sites is 1. The lowest BCUT2D eigenvalue weighted by Crippen LogP contribution is -2.25. The molecule has 2 aliphatic rings. The van der Waals surface area contributed by atoms with E-state index in [1.807, 2.05) is 0 Å². The predicted octanol–water partition coefficient (Wildman–Crippen LogP) is 4.64. The molecule has 0 N–H and O–H groups in total. The van der Waals surface area contributed by atoms with Crippen LogP contribution in [0.25, 0.3) is 0 Å². The van der Waals surface area contributed by atoms with Crippen LogP contribution in [0.15, 0.2) is 54.6 Å². The van der Waals surface area contributed by atoms with Crippen LogP contribution in [0.2, 0.25) is 0 Å². The summed E-state index contributed by atoms with van der Waals surface area (Å²) in [5.74, 6) is 0. The third kappa shape index (κ3) is 1.99. The second kappa shape index (κ2) is 5.20. The van der Waals surface area contributed by atoms with Crippen molar-refractivity contribution in [1.82, 2.24) is 4.98 Å². The summed E-state index contributed by atoms with van der Waals surface area (Å²) in [5.41, 5.74) is 10.8. The number of hydrogen-bond donors (Lipinski definition) is 0. The molecule has 2 nitrogen and oxygen atoms in total. The molecule has 5 rings (SSSR count). The molecule has 0 radical (unpaired) electrons. The van der Waals surface area contributed by atoms with Gasteiger partial charge in [0.05, 0.1) is 11.4 Å². The van der Waals surface area contributed by atoms with Gasteiger partial charge in [0.2, 0.25) is 0 Å². The lowest BCUT2D eigenvalue weighted by Gasteiger charge is -2.33. The van der Waals surface area contributed by atoms with Crippen molar-refractivity contribution in [1.29, 1.82) is 0 Å². The molecule has 0 atom stereocenters. The second-order valence-corrected chi connectivity index (χ2v) is 6.73. The molecule has 0 fully saturated rings. The molecule has 3 aromatic rings. The van der Waals surface area contributed by atoms with E-state index in [9.17, 15) is 0 Å². The minimum absolute atomic E-state index is 0.941. The Bertz CT molecular complexity index is 942. The highest BCUT2D eigenvalue weighted by atomic mass is 15.2. The quantitative estimate of drug-likeness (QED) is 0.509. The molecule has 0 bridgehead atoms. The van der Waals surface area contributed by atoms with E-state index >= 15 is 0 Å². The number of anilines is 2. The smallest absolute Gasteiger partial charge is 0.0688 e. The molecule has 0 amide bonds. The first-order valence-corrected chi connectivity index (χ1v) is 8.77. The van der Waals surface area contributed by atoms with Crippen LogP contribution in [-0.2, 0) is 19.3 Å². The van der Waals surface area contributed by atoms with Crippen LogP contribution in [0.4, 0.5) is 11.4 Å². The molecule has 118 valence electrons. The molecule has 1 aliphatic carbocycles. The van der Waals surface area contributed by atoms with Crippen LogP contribution in [0.5, 0.6) is 0 Å². The molecular formula is C22H20N2. The maximum absolute atomic E-state index is 5.11. The molecule has 1 aromatic heterocycles. The highest BCUT2D eigenvalue weighted by Crippen LogP contribution is 2.40. The Labute approximate surface area is 142 Å². The van der Waals surface area contributed by atoms with Crippen molar-refractivity contribution in [2.75, 3.05) is 11.4 Å². The van der Waals surface area contributed by atoms with Crippen molar-refractivity contribution in [3.8, 4) is 0 Å². The van der Waals surface area contributed by atoms with Gasteiger partial charge in [-0.3, -0.25) is 4.98 Å². The molecule has 0 unspecified atom stereocenters. The molecule has 0 saturated carbocycles. The zero-order chi connectivity index (χ0) is 16.1. The topological polar surface area (TPSA) is 16.1 Å². The minimum Gasteiger partial charge on any atom is -0.340 e. The first-order valence-electron chi connectivity index (χ1n) is 8.77. The van der Waals surface area contributed by atoms with Crippen LogP contribution in [-0.4, -0.2) is 11.5 Å². The van der Waals surface area contributed by atoms with E-state index in [2.05, 4.69) is 66.4 Å². The van der Waals surface area contributed by atoms with E-state index < -0.39 is 0 Å². The van der Waals surface area contributed by atoms with Crippen molar-refractivity contribution in [3.05, 3.63) is 88.2 Å². The Balaban J connectivity index is 1.64. The summed E-state index contributed by atoms with van der Waals surface area (Å²) in [6.07, 6.45) is 2.91. The van der Waals surface area contributed by atoms with Gasteiger partial charge in [-0.15, -0.1) is 0 Å². The number of fused-ring (bicyclic) bond motifs is 4. The van der Waals surface area contributed by atoms with Crippen molar-refractivity contribution in [3.63, 3.8) is 0 Å². The fourth-order valence-corrected chi connectivity index (χ4v) is 4.16. The Morgan fingerprint density at radius 2 is 1.42 bits per heavy atom. The zero-order valence-corrected chi connectivity index (χ0v) is 13.9. The summed E-state index contributed by atoms with van der Waals surface area (Å²) in [5, 5.41) is 0. The van der Waals surface area contributed by atoms with Gasteiger partial charge in [-0.2, -0.15) is 0 Å². The van der Waals surface area contributed by atoms with Gasteiger partial charge in [-0.1, -0.05) is 42.5 Å². The Hall–Kier alpha value is -2.61. The summed E-state index contributed by atoms with van der Waals surface area (Å²) in [7, 11) is 0. The minimum atomic E-state index is 0.941. The molecule has 24 heavy (non-hydrogen) atoms. The van der Waals surface area contributed by atoms with Crippen molar-refractivity contribution >= 4 is 11.4 Å². The number of nitrogens with zero attached hydrogens (tertiary/aromatic N) is 2. The van der Waals surface area contributed by atoms with Crippen molar-refractivity contribution in [2.24, 2.45) is 0 Å². The van der Waals surface area contributed by atoms with E-state index in [4.69, 9.17) is 4.98 Å². The van der Waals surface area contributed by atoms with Gasteiger partial charge < -0.3 is 4.90 Å². The van der Waals surface area contributed by atoms with Gasteiger partial charge in [-0.25, -0.2) is 0 Å². The van der Waals surface area contributed by atoms with Crippen LogP contribution < -0.4 is 4.90 Å². The number of pyridine rings is 1. The SMILES string of the molecule is CCN1c2ccccc2Cc2nc3c(cc21)Cc1ccccc1C3. The van der Waals surface area contributed by atoms with Crippen LogP contribution in [0.3, 0.4) is 0 Å². The maximum Gasteiger partial charge on any atom is 0.0688 e. The van der Waals surface area contributed by atoms with Gasteiger partial charge in [-0.05, 0) is 47.7 Å². The molecule has 2 heterocycles. The molecule has 2 heteroatoms. The van der Waals surface area contributed by atoms with E-state index in [1.165, 1.54) is 45.0 Å². The molecule has 2 aromatic carbocycles. The van der Waals surface area contributed by atoms with Crippen LogP contribution >= 0.6 is 0 Å². The standard InChI is InChI=1S/C22H20N2/c1-2-24-21-10-6-5-9-17(21)13-20-22(24)14-18-11-15-7-3-4-8-16(15)12-19(18)23-20/h3-10,14H,2,11-13H2,1H3. The van der Waals surface area contributed by atoms with Crippen molar-refractivity contribution < 1.29 is 0 Å². The Kier molecular flexibility index (Phi) is 2.99. The number of benzene rings is 2. The van der Waals surface area contributed by atoms with Gasteiger partial charge in [0.25, 0.3) is 0 Å². The summed E-state index contributed by atoms with van der Waals surface area (Å²) >= 11 is 0. The van der Waals surface area contributed by atoms with E-state index in [1.54, 1.807) is 0 Å². The van der Waals surface area contributed by atoms with Crippen LogP contribution in [0.1, 0.15) is 40.6 Å². The van der Waals surface area contributed by atoms with Gasteiger partial charge in [0.1, 0.15) is 0 Å².